The lowest BCUT2D eigenvalue weighted by Crippen LogP contribution is -1.90. The molecule has 2 heterocycles. The van der Waals surface area contributed by atoms with Gasteiger partial charge in [0.1, 0.15) is 0 Å². The van der Waals surface area contributed by atoms with E-state index in [1.165, 1.54) is 21.4 Å². The van der Waals surface area contributed by atoms with Gasteiger partial charge >= 0.3 is 0 Å². The molecular weight excluding hydrogens is 312 g/mol. The Morgan fingerprint density at radius 3 is 2.29 bits per heavy atom. The van der Waals surface area contributed by atoms with Gasteiger partial charge < -0.3 is 0 Å². The molecular formula is C21H16N2S. The molecule has 116 valence electrons. The first-order valence-electron chi connectivity index (χ1n) is 7.80. The Morgan fingerprint density at radius 1 is 0.792 bits per heavy atom. The fourth-order valence-corrected chi connectivity index (χ4v) is 3.26. The van der Waals surface area contributed by atoms with Crippen molar-refractivity contribution < 1.29 is 0 Å². The highest BCUT2D eigenvalue weighted by Crippen LogP contribution is 2.32. The van der Waals surface area contributed by atoms with Gasteiger partial charge in [-0.1, -0.05) is 30.3 Å². The summed E-state index contributed by atoms with van der Waals surface area (Å²) in [5.74, 6) is 0. The second kappa shape index (κ2) is 6.46. The number of hydrogen-bond donors (Lipinski definition) is 0. The van der Waals surface area contributed by atoms with Crippen molar-refractivity contribution >= 4 is 22.7 Å². The van der Waals surface area contributed by atoms with Gasteiger partial charge in [0.25, 0.3) is 0 Å². The molecule has 0 aliphatic carbocycles. The number of aromatic nitrogens is 2. The molecule has 0 radical (unpaired) electrons. The zero-order chi connectivity index (χ0) is 16.4. The monoisotopic (exact) mass is 328 g/mol. The van der Waals surface area contributed by atoms with Crippen LogP contribution in [0.4, 0.5) is 0 Å². The zero-order valence-corrected chi connectivity index (χ0v) is 14.1. The molecule has 2 aromatic heterocycles. The normalized spacial score (nSPS) is 10.9. The molecule has 0 fully saturated rings. The quantitative estimate of drug-likeness (QED) is 0.452. The predicted octanol–water partition coefficient (Wildman–Crippen LogP) is 5.69. The van der Waals surface area contributed by atoms with E-state index >= 15 is 0 Å². The molecule has 24 heavy (non-hydrogen) atoms. The lowest BCUT2D eigenvalue weighted by atomic mass is 9.98. The van der Waals surface area contributed by atoms with Crippen LogP contribution < -0.4 is 0 Å². The van der Waals surface area contributed by atoms with Crippen molar-refractivity contribution in [2.45, 2.75) is 4.90 Å². The molecule has 0 unspecified atom stereocenters. The number of pyridine rings is 2. The highest BCUT2D eigenvalue weighted by Gasteiger charge is 2.09. The molecule has 0 bridgehead atoms. The van der Waals surface area contributed by atoms with Crippen LogP contribution in [0, 0.1) is 0 Å². The van der Waals surface area contributed by atoms with Gasteiger partial charge in [-0.15, -0.1) is 11.8 Å². The van der Waals surface area contributed by atoms with E-state index in [-0.39, 0.29) is 0 Å². The number of nitrogens with zero attached hydrogens (tertiary/aromatic N) is 2. The van der Waals surface area contributed by atoms with Gasteiger partial charge in [-0.3, -0.25) is 4.98 Å². The summed E-state index contributed by atoms with van der Waals surface area (Å²) in [6.07, 6.45) is 5.71. The van der Waals surface area contributed by atoms with Gasteiger partial charge in [0.05, 0.1) is 11.2 Å². The van der Waals surface area contributed by atoms with E-state index in [1.807, 2.05) is 18.2 Å². The lowest BCUT2D eigenvalue weighted by molar-refractivity contribution is 1.31. The minimum Gasteiger partial charge on any atom is -0.265 e. The SMILES string of the molecule is CSc1ccc(-c2cc(-c3ccncc3)nc3ccccc23)cc1. The van der Waals surface area contributed by atoms with Crippen LogP contribution in [0.5, 0.6) is 0 Å². The maximum Gasteiger partial charge on any atom is 0.0717 e. The summed E-state index contributed by atoms with van der Waals surface area (Å²) < 4.78 is 0. The van der Waals surface area contributed by atoms with Gasteiger partial charge in [0.15, 0.2) is 0 Å². The molecule has 0 atom stereocenters. The molecule has 2 nitrogen and oxygen atoms in total. The Morgan fingerprint density at radius 2 is 1.54 bits per heavy atom. The van der Waals surface area contributed by atoms with Crippen molar-refractivity contribution in [2.75, 3.05) is 6.26 Å². The van der Waals surface area contributed by atoms with Crippen molar-refractivity contribution in [1.82, 2.24) is 9.97 Å². The van der Waals surface area contributed by atoms with E-state index in [0.717, 1.165) is 16.8 Å². The van der Waals surface area contributed by atoms with Crippen LogP contribution in [-0.4, -0.2) is 16.2 Å². The van der Waals surface area contributed by atoms with Crippen LogP contribution in [0.3, 0.4) is 0 Å². The zero-order valence-electron chi connectivity index (χ0n) is 13.3. The molecule has 2 aromatic carbocycles. The van der Waals surface area contributed by atoms with Crippen molar-refractivity contribution in [3.05, 3.63) is 79.1 Å². The summed E-state index contributed by atoms with van der Waals surface area (Å²) in [6, 6.07) is 23.2. The average Bonchev–Trinajstić information content (AvgIpc) is 2.68. The molecule has 0 saturated carbocycles. The van der Waals surface area contributed by atoms with Crippen molar-refractivity contribution in [1.29, 1.82) is 0 Å². The van der Waals surface area contributed by atoms with Crippen LogP contribution >= 0.6 is 11.8 Å². The summed E-state index contributed by atoms with van der Waals surface area (Å²) in [7, 11) is 0. The molecule has 3 heteroatoms. The topological polar surface area (TPSA) is 25.8 Å². The first-order chi connectivity index (χ1) is 11.8. The molecule has 0 saturated heterocycles. The third-order valence-corrected chi connectivity index (χ3v) is 4.84. The molecule has 0 aliphatic heterocycles. The van der Waals surface area contributed by atoms with Crippen LogP contribution in [0.2, 0.25) is 0 Å². The summed E-state index contributed by atoms with van der Waals surface area (Å²) in [6.45, 7) is 0. The van der Waals surface area contributed by atoms with Crippen LogP contribution in [0.15, 0.2) is 84.0 Å². The van der Waals surface area contributed by atoms with E-state index in [9.17, 15) is 0 Å². The fourth-order valence-electron chi connectivity index (χ4n) is 2.86. The van der Waals surface area contributed by atoms with Gasteiger partial charge in [-0.25, -0.2) is 4.98 Å². The number of para-hydroxylation sites is 1. The average molecular weight is 328 g/mol. The molecule has 0 amide bonds. The van der Waals surface area contributed by atoms with Crippen LogP contribution in [0.25, 0.3) is 33.3 Å². The second-order valence-corrected chi connectivity index (χ2v) is 6.42. The first kappa shape index (κ1) is 14.9. The third-order valence-electron chi connectivity index (χ3n) is 4.09. The minimum absolute atomic E-state index is 0.972. The molecule has 4 aromatic rings. The first-order valence-corrected chi connectivity index (χ1v) is 9.02. The number of fused-ring (bicyclic) bond motifs is 1. The van der Waals surface area contributed by atoms with Crippen molar-refractivity contribution in [3.8, 4) is 22.4 Å². The summed E-state index contributed by atoms with van der Waals surface area (Å²) in [5, 5.41) is 1.17. The third kappa shape index (κ3) is 2.79. The second-order valence-electron chi connectivity index (χ2n) is 5.54. The molecule has 0 aliphatic rings. The molecule has 0 N–H and O–H groups in total. The smallest absolute Gasteiger partial charge is 0.0717 e. The number of benzene rings is 2. The lowest BCUT2D eigenvalue weighted by Gasteiger charge is -2.10. The van der Waals surface area contributed by atoms with Gasteiger partial charge in [-0.05, 0) is 53.8 Å². The van der Waals surface area contributed by atoms with Crippen molar-refractivity contribution in [3.63, 3.8) is 0 Å². The van der Waals surface area contributed by atoms with Gasteiger partial charge in [0.2, 0.25) is 0 Å². The highest BCUT2D eigenvalue weighted by molar-refractivity contribution is 7.98. The Kier molecular flexibility index (Phi) is 4.01. The van der Waals surface area contributed by atoms with Gasteiger partial charge in [0, 0.05) is 28.2 Å². The Bertz CT molecular complexity index is 980. The maximum absolute atomic E-state index is 4.83. The Balaban J connectivity index is 1.95. The van der Waals surface area contributed by atoms with Crippen LogP contribution in [0.1, 0.15) is 0 Å². The van der Waals surface area contributed by atoms with E-state index in [1.54, 1.807) is 24.2 Å². The maximum atomic E-state index is 4.83. The summed E-state index contributed by atoms with van der Waals surface area (Å²) >= 11 is 1.76. The van der Waals surface area contributed by atoms with E-state index in [4.69, 9.17) is 4.98 Å². The summed E-state index contributed by atoms with van der Waals surface area (Å²) in [5.41, 5.74) is 5.48. The Labute approximate surface area is 145 Å². The number of thioether (sulfide) groups is 1. The number of hydrogen-bond acceptors (Lipinski definition) is 3. The van der Waals surface area contributed by atoms with Gasteiger partial charge in [-0.2, -0.15) is 0 Å². The standard InChI is InChI=1S/C21H16N2S/c1-24-17-8-6-15(7-9-17)19-14-21(16-10-12-22-13-11-16)23-20-5-3-2-4-18(19)20/h2-14H,1H3. The minimum atomic E-state index is 0.972. The molecule has 0 spiro atoms. The highest BCUT2D eigenvalue weighted by atomic mass is 32.2. The van der Waals surface area contributed by atoms with E-state index in [2.05, 4.69) is 59.8 Å². The fraction of sp³-hybridized carbons (Fsp3) is 0.0476. The van der Waals surface area contributed by atoms with E-state index in [0.29, 0.717) is 0 Å². The predicted molar refractivity (Wildman–Crippen MR) is 102 cm³/mol. The Hall–Kier alpha value is -2.65. The molecule has 4 rings (SSSR count). The number of rotatable bonds is 3. The van der Waals surface area contributed by atoms with Crippen molar-refractivity contribution in [2.24, 2.45) is 0 Å². The van der Waals surface area contributed by atoms with Crippen LogP contribution in [-0.2, 0) is 0 Å². The van der Waals surface area contributed by atoms with E-state index < -0.39 is 0 Å². The summed E-state index contributed by atoms with van der Waals surface area (Å²) in [4.78, 5) is 10.2. The largest absolute Gasteiger partial charge is 0.265 e.